The number of nitrogens with one attached hydrogen (secondary N) is 1. The van der Waals surface area contributed by atoms with Crippen LogP contribution in [0.2, 0.25) is 0 Å². The Balaban J connectivity index is 2.19. The molecule has 1 amide bonds. The van der Waals surface area contributed by atoms with Crippen LogP contribution in [0.5, 0.6) is 5.75 Å². The maximum absolute atomic E-state index is 12.4. The number of hydrogen-bond donors (Lipinski definition) is 1. The first kappa shape index (κ1) is 18.1. The minimum absolute atomic E-state index is 0.0289. The van der Waals surface area contributed by atoms with E-state index >= 15 is 0 Å². The predicted octanol–water partition coefficient (Wildman–Crippen LogP) is 4.39. The number of para-hydroxylation sites is 2. The summed E-state index contributed by atoms with van der Waals surface area (Å²) in [6.07, 6.45) is -2.98. The average Bonchev–Trinajstić information content (AvgIpc) is 2.54. The van der Waals surface area contributed by atoms with Crippen LogP contribution >= 0.6 is 11.8 Å². The quantitative estimate of drug-likeness (QED) is 0.780. The molecule has 0 bridgehead atoms. The van der Waals surface area contributed by atoms with Gasteiger partial charge in [-0.2, -0.15) is 13.2 Å². The Morgan fingerprint density at radius 2 is 2.00 bits per heavy atom. The van der Waals surface area contributed by atoms with Gasteiger partial charge < -0.3 is 10.1 Å². The van der Waals surface area contributed by atoms with Crippen LogP contribution in [0.25, 0.3) is 0 Å². The Bertz CT molecular complexity index is 708. The molecule has 1 heterocycles. The topological polar surface area (TPSA) is 51.2 Å². The minimum Gasteiger partial charge on any atom is -0.492 e. The Labute approximate surface area is 141 Å². The Morgan fingerprint density at radius 1 is 1.25 bits per heavy atom. The number of aromatic nitrogens is 1. The van der Waals surface area contributed by atoms with Crippen LogP contribution in [0.3, 0.4) is 0 Å². The fraction of sp³-hybridized carbons (Fsp3) is 0.250. The number of hydrogen-bond acceptors (Lipinski definition) is 4. The third-order valence-electron chi connectivity index (χ3n) is 2.82. The van der Waals surface area contributed by atoms with Crippen molar-refractivity contribution in [2.45, 2.75) is 18.1 Å². The van der Waals surface area contributed by atoms with Crippen LogP contribution in [-0.2, 0) is 0 Å². The van der Waals surface area contributed by atoms with E-state index in [1.807, 2.05) is 6.92 Å². The number of rotatable bonds is 6. The van der Waals surface area contributed by atoms with Gasteiger partial charge in [0.05, 0.1) is 23.6 Å². The molecule has 8 heteroatoms. The number of anilines is 1. The normalized spacial score (nSPS) is 11.2. The first-order valence-corrected chi connectivity index (χ1v) is 8.07. The Kier molecular flexibility index (Phi) is 6.08. The predicted molar refractivity (Wildman–Crippen MR) is 86.6 cm³/mol. The van der Waals surface area contributed by atoms with Crippen molar-refractivity contribution >= 4 is 23.4 Å². The maximum Gasteiger partial charge on any atom is 0.398 e. The van der Waals surface area contributed by atoms with Crippen molar-refractivity contribution in [3.05, 3.63) is 48.2 Å². The van der Waals surface area contributed by atoms with Crippen molar-refractivity contribution in [3.63, 3.8) is 0 Å². The third-order valence-corrected chi connectivity index (χ3v) is 3.89. The van der Waals surface area contributed by atoms with Crippen LogP contribution in [-0.4, -0.2) is 29.4 Å². The third kappa shape index (κ3) is 5.16. The van der Waals surface area contributed by atoms with Gasteiger partial charge in [0.2, 0.25) is 0 Å². The van der Waals surface area contributed by atoms with Gasteiger partial charge in [0.15, 0.2) is 0 Å². The second-order valence-electron chi connectivity index (χ2n) is 4.64. The standard InChI is InChI=1S/C16H15F3N2O2S/c1-2-23-13-8-4-3-7-12(13)21-14(22)11-6-5-9-20-15(11)24-10-16(17,18)19/h3-9H,2,10H2,1H3,(H,21,22). The molecule has 1 aromatic heterocycles. The molecule has 0 aliphatic rings. The van der Waals surface area contributed by atoms with E-state index in [2.05, 4.69) is 10.3 Å². The molecule has 4 nitrogen and oxygen atoms in total. The molecule has 1 N–H and O–H groups in total. The molecule has 0 fully saturated rings. The van der Waals surface area contributed by atoms with Gasteiger partial charge in [-0.25, -0.2) is 4.98 Å². The zero-order valence-electron chi connectivity index (χ0n) is 12.8. The van der Waals surface area contributed by atoms with Crippen molar-refractivity contribution in [2.24, 2.45) is 0 Å². The highest BCUT2D eigenvalue weighted by Crippen LogP contribution is 2.29. The largest absolute Gasteiger partial charge is 0.492 e. The van der Waals surface area contributed by atoms with Crippen LogP contribution in [0.15, 0.2) is 47.6 Å². The summed E-state index contributed by atoms with van der Waals surface area (Å²) in [7, 11) is 0. The number of amides is 1. The molecule has 1 aromatic carbocycles. The van der Waals surface area contributed by atoms with Gasteiger partial charge in [0.25, 0.3) is 5.91 Å². The Morgan fingerprint density at radius 3 is 2.71 bits per heavy atom. The summed E-state index contributed by atoms with van der Waals surface area (Å²) in [6.45, 7) is 2.23. The highest BCUT2D eigenvalue weighted by molar-refractivity contribution is 7.99. The number of pyridine rings is 1. The van der Waals surface area contributed by atoms with E-state index in [0.29, 0.717) is 29.8 Å². The van der Waals surface area contributed by atoms with E-state index < -0.39 is 17.8 Å². The Hall–Kier alpha value is -2.22. The minimum atomic E-state index is -4.34. The summed E-state index contributed by atoms with van der Waals surface area (Å²) in [5.74, 6) is -1.17. The van der Waals surface area contributed by atoms with E-state index in [1.54, 1.807) is 24.3 Å². The summed E-state index contributed by atoms with van der Waals surface area (Å²) in [5.41, 5.74) is 0.526. The molecule has 0 unspecified atom stereocenters. The van der Waals surface area contributed by atoms with E-state index in [-0.39, 0.29) is 10.6 Å². The molecule has 2 rings (SSSR count). The van der Waals surface area contributed by atoms with Crippen molar-refractivity contribution < 1.29 is 22.7 Å². The van der Waals surface area contributed by atoms with Crippen molar-refractivity contribution in [1.29, 1.82) is 0 Å². The number of carbonyl (C=O) groups excluding carboxylic acids is 1. The fourth-order valence-corrected chi connectivity index (χ4v) is 2.62. The highest BCUT2D eigenvalue weighted by Gasteiger charge is 2.28. The van der Waals surface area contributed by atoms with Crippen molar-refractivity contribution in [3.8, 4) is 5.75 Å². The first-order chi connectivity index (χ1) is 11.4. The number of carbonyl (C=O) groups is 1. The fourth-order valence-electron chi connectivity index (χ4n) is 1.87. The summed E-state index contributed by atoms with van der Waals surface area (Å²) < 4.78 is 42.6. The lowest BCUT2D eigenvalue weighted by Crippen LogP contribution is -2.16. The van der Waals surface area contributed by atoms with E-state index in [4.69, 9.17) is 4.74 Å². The summed E-state index contributed by atoms with van der Waals surface area (Å²) >= 11 is 0.479. The average molecular weight is 356 g/mol. The smallest absolute Gasteiger partial charge is 0.398 e. The van der Waals surface area contributed by atoms with Gasteiger partial charge >= 0.3 is 6.18 Å². The molecular formula is C16H15F3N2O2S. The molecule has 2 aromatic rings. The molecule has 0 spiro atoms. The number of benzene rings is 1. The monoisotopic (exact) mass is 356 g/mol. The lowest BCUT2D eigenvalue weighted by Gasteiger charge is -2.13. The van der Waals surface area contributed by atoms with Crippen LogP contribution in [0.1, 0.15) is 17.3 Å². The van der Waals surface area contributed by atoms with E-state index in [0.717, 1.165) is 0 Å². The number of alkyl halides is 3. The number of nitrogens with zero attached hydrogens (tertiary/aromatic N) is 1. The molecule has 0 saturated heterocycles. The molecular weight excluding hydrogens is 341 g/mol. The first-order valence-electron chi connectivity index (χ1n) is 7.08. The van der Waals surface area contributed by atoms with Gasteiger partial charge in [0.1, 0.15) is 10.8 Å². The molecule has 0 radical (unpaired) electrons. The summed E-state index contributed by atoms with van der Waals surface area (Å²) in [5, 5.41) is 2.68. The summed E-state index contributed by atoms with van der Waals surface area (Å²) in [4.78, 5) is 16.3. The molecule has 0 saturated carbocycles. The molecule has 128 valence electrons. The second-order valence-corrected chi connectivity index (χ2v) is 5.61. The van der Waals surface area contributed by atoms with Gasteiger partial charge in [-0.05, 0) is 31.2 Å². The molecule has 0 aliphatic carbocycles. The SMILES string of the molecule is CCOc1ccccc1NC(=O)c1cccnc1SCC(F)(F)F. The molecule has 24 heavy (non-hydrogen) atoms. The van der Waals surface area contributed by atoms with Crippen LogP contribution < -0.4 is 10.1 Å². The van der Waals surface area contributed by atoms with E-state index in [1.165, 1.54) is 18.3 Å². The van der Waals surface area contributed by atoms with Gasteiger partial charge in [-0.15, -0.1) is 0 Å². The maximum atomic E-state index is 12.4. The van der Waals surface area contributed by atoms with Crippen LogP contribution in [0.4, 0.5) is 18.9 Å². The second kappa shape index (κ2) is 8.05. The van der Waals surface area contributed by atoms with Gasteiger partial charge in [-0.1, -0.05) is 23.9 Å². The summed E-state index contributed by atoms with van der Waals surface area (Å²) in [6, 6.07) is 9.77. The zero-order chi connectivity index (χ0) is 17.6. The zero-order valence-corrected chi connectivity index (χ0v) is 13.6. The van der Waals surface area contributed by atoms with Crippen molar-refractivity contribution in [2.75, 3.05) is 17.7 Å². The van der Waals surface area contributed by atoms with Gasteiger partial charge in [-0.3, -0.25) is 4.79 Å². The highest BCUT2D eigenvalue weighted by atomic mass is 32.2. The number of halogens is 3. The number of thioether (sulfide) groups is 1. The van der Waals surface area contributed by atoms with Crippen molar-refractivity contribution in [1.82, 2.24) is 4.98 Å². The lowest BCUT2D eigenvalue weighted by molar-refractivity contribution is -0.105. The molecule has 0 aliphatic heterocycles. The lowest BCUT2D eigenvalue weighted by atomic mass is 10.2. The van der Waals surface area contributed by atoms with E-state index in [9.17, 15) is 18.0 Å². The van der Waals surface area contributed by atoms with Gasteiger partial charge in [0, 0.05) is 6.20 Å². The number of ether oxygens (including phenoxy) is 1. The molecule has 0 atom stereocenters. The van der Waals surface area contributed by atoms with Crippen LogP contribution in [0, 0.1) is 0 Å².